The van der Waals surface area contributed by atoms with Crippen molar-refractivity contribution < 1.29 is 23.1 Å². The maximum atomic E-state index is 14.2. The van der Waals surface area contributed by atoms with Crippen molar-refractivity contribution in [2.75, 3.05) is 18.1 Å². The quantitative estimate of drug-likeness (QED) is 0.352. The molecule has 0 unspecified atom stereocenters. The number of hydrogen-bond acceptors (Lipinski definition) is 6. The Labute approximate surface area is 183 Å². The van der Waals surface area contributed by atoms with Crippen molar-refractivity contribution in [3.63, 3.8) is 0 Å². The number of halogens is 1. The van der Waals surface area contributed by atoms with Crippen LogP contribution in [0.15, 0.2) is 76.2 Å². The molecule has 3 aromatic rings. The number of hydrogen-bond donors (Lipinski definition) is 0. The predicted molar refractivity (Wildman–Crippen MR) is 114 cm³/mol. The van der Waals surface area contributed by atoms with Gasteiger partial charge in [0.25, 0.3) is 5.91 Å². The number of nitriles is 1. The third kappa shape index (κ3) is 5.96. The van der Waals surface area contributed by atoms with E-state index < -0.39 is 24.3 Å². The molecule has 1 aromatic heterocycles. The number of para-hydroxylation sites is 1. The maximum Gasteiger partial charge on any atom is 0.339 e. The third-order valence-corrected chi connectivity index (χ3v) is 5.37. The lowest BCUT2D eigenvalue weighted by Gasteiger charge is -2.22. The number of nitrogens with zero attached hydrogens (tertiary/aromatic N) is 2. The molecule has 1 heterocycles. The summed E-state index contributed by atoms with van der Waals surface area (Å²) in [6.07, 6.45) is 1.59. The molecule has 0 spiro atoms. The van der Waals surface area contributed by atoms with Crippen molar-refractivity contribution in [1.82, 2.24) is 0 Å². The van der Waals surface area contributed by atoms with Crippen LogP contribution in [0.2, 0.25) is 0 Å². The Morgan fingerprint density at radius 1 is 1.10 bits per heavy atom. The van der Waals surface area contributed by atoms with Gasteiger partial charge in [-0.05, 0) is 36.4 Å². The van der Waals surface area contributed by atoms with Crippen LogP contribution in [-0.2, 0) is 15.3 Å². The van der Waals surface area contributed by atoms with E-state index in [1.165, 1.54) is 30.0 Å². The molecule has 0 atom stereocenters. The summed E-state index contributed by atoms with van der Waals surface area (Å²) < 4.78 is 24.7. The smallest absolute Gasteiger partial charge is 0.339 e. The first-order valence-corrected chi connectivity index (χ1v) is 10.4. The lowest BCUT2D eigenvalue weighted by molar-refractivity contribution is -0.121. The van der Waals surface area contributed by atoms with Crippen LogP contribution < -0.4 is 4.90 Å². The van der Waals surface area contributed by atoms with Crippen LogP contribution in [0.4, 0.5) is 10.1 Å². The molecular formula is C23H19FN2O4S. The first-order valence-electron chi connectivity index (χ1n) is 9.43. The lowest BCUT2D eigenvalue weighted by atomic mass is 10.2. The minimum absolute atomic E-state index is 0.0105. The van der Waals surface area contributed by atoms with Crippen LogP contribution in [0.25, 0.3) is 0 Å². The molecule has 0 N–H and O–H groups in total. The fourth-order valence-electron chi connectivity index (χ4n) is 2.80. The van der Waals surface area contributed by atoms with Crippen molar-refractivity contribution in [3.8, 4) is 6.07 Å². The lowest BCUT2D eigenvalue weighted by Crippen LogP contribution is -2.36. The van der Waals surface area contributed by atoms with Gasteiger partial charge in [-0.3, -0.25) is 4.79 Å². The van der Waals surface area contributed by atoms with E-state index in [0.29, 0.717) is 16.2 Å². The highest BCUT2D eigenvalue weighted by atomic mass is 32.2. The van der Waals surface area contributed by atoms with Crippen LogP contribution in [0.5, 0.6) is 0 Å². The Bertz CT molecular complexity index is 1080. The second-order valence-corrected chi connectivity index (χ2v) is 7.36. The number of rotatable bonds is 9. The van der Waals surface area contributed by atoms with E-state index in [1.54, 1.807) is 42.7 Å². The largest absolute Gasteiger partial charge is 0.468 e. The predicted octanol–water partition coefficient (Wildman–Crippen LogP) is 4.81. The van der Waals surface area contributed by atoms with E-state index in [2.05, 4.69) is 0 Å². The molecule has 0 fully saturated rings. The van der Waals surface area contributed by atoms with Gasteiger partial charge in [-0.15, -0.1) is 11.8 Å². The molecule has 0 radical (unpaired) electrons. The zero-order valence-electron chi connectivity index (χ0n) is 16.5. The van der Waals surface area contributed by atoms with Crippen LogP contribution in [0.1, 0.15) is 22.5 Å². The molecule has 3 rings (SSSR count). The average Bonchev–Trinajstić information content (AvgIpc) is 3.31. The van der Waals surface area contributed by atoms with Crippen LogP contribution in [0.3, 0.4) is 0 Å². The summed E-state index contributed by atoms with van der Waals surface area (Å²) in [5, 5.41) is 8.85. The Balaban J connectivity index is 1.67. The second-order valence-electron chi connectivity index (χ2n) is 6.35. The normalized spacial score (nSPS) is 10.3. The van der Waals surface area contributed by atoms with Gasteiger partial charge >= 0.3 is 5.97 Å². The topological polar surface area (TPSA) is 83.5 Å². The zero-order valence-corrected chi connectivity index (χ0v) is 17.3. The third-order valence-electron chi connectivity index (χ3n) is 4.28. The van der Waals surface area contributed by atoms with Gasteiger partial charge in [-0.25, -0.2) is 9.18 Å². The zero-order chi connectivity index (χ0) is 22.1. The molecule has 31 heavy (non-hydrogen) atoms. The van der Waals surface area contributed by atoms with Gasteiger partial charge in [-0.1, -0.05) is 24.3 Å². The van der Waals surface area contributed by atoms with E-state index in [4.69, 9.17) is 14.4 Å². The summed E-state index contributed by atoms with van der Waals surface area (Å²) in [7, 11) is 0. The summed E-state index contributed by atoms with van der Waals surface area (Å²) in [5.74, 6) is -0.578. The fourth-order valence-corrected chi connectivity index (χ4v) is 3.74. The first-order chi connectivity index (χ1) is 15.1. The molecule has 158 valence electrons. The van der Waals surface area contributed by atoms with Gasteiger partial charge in [0.15, 0.2) is 6.61 Å². The van der Waals surface area contributed by atoms with Crippen molar-refractivity contribution in [2.24, 2.45) is 0 Å². The van der Waals surface area contributed by atoms with Crippen molar-refractivity contribution in [3.05, 3.63) is 84.1 Å². The summed E-state index contributed by atoms with van der Waals surface area (Å²) in [4.78, 5) is 27.1. The molecule has 0 saturated carbocycles. The Kier molecular flexibility index (Phi) is 7.85. The SMILES string of the molecule is N#CCCN(C(=O)COC(=O)c1ccccc1SCc1ccco1)c1ccccc1F. The molecule has 0 aliphatic carbocycles. The van der Waals surface area contributed by atoms with Gasteiger partial charge in [0.2, 0.25) is 0 Å². The Morgan fingerprint density at radius 3 is 2.61 bits per heavy atom. The number of furan rings is 1. The molecular weight excluding hydrogens is 419 g/mol. The number of ether oxygens (including phenoxy) is 1. The van der Waals surface area contributed by atoms with Gasteiger partial charge in [0.1, 0.15) is 11.6 Å². The number of benzene rings is 2. The monoisotopic (exact) mass is 438 g/mol. The van der Waals surface area contributed by atoms with Crippen molar-refractivity contribution >= 4 is 29.3 Å². The number of amides is 1. The van der Waals surface area contributed by atoms with Crippen LogP contribution in [0, 0.1) is 17.1 Å². The number of carbonyl (C=O) groups excluding carboxylic acids is 2. The molecule has 8 heteroatoms. The highest BCUT2D eigenvalue weighted by Crippen LogP contribution is 2.27. The van der Waals surface area contributed by atoms with Gasteiger partial charge < -0.3 is 14.1 Å². The summed E-state index contributed by atoms with van der Waals surface area (Å²) in [6, 6.07) is 18.2. The summed E-state index contributed by atoms with van der Waals surface area (Å²) >= 11 is 1.41. The van der Waals surface area contributed by atoms with Gasteiger partial charge in [0, 0.05) is 11.4 Å². The van der Waals surface area contributed by atoms with E-state index in [0.717, 1.165) is 10.7 Å². The standard InChI is InChI=1S/C23H19FN2O4S/c24-19-9-2-3-10-20(19)26(13-6-12-25)22(27)15-30-23(28)18-8-1-4-11-21(18)31-16-17-7-5-14-29-17/h1-5,7-11,14H,6,13,15-16H2. The number of thioether (sulfide) groups is 1. The van der Waals surface area contributed by atoms with Gasteiger partial charge in [0.05, 0.1) is 35.8 Å². The Hall–Kier alpha value is -3.57. The molecule has 0 saturated heterocycles. The number of carbonyl (C=O) groups is 2. The highest BCUT2D eigenvalue weighted by Gasteiger charge is 2.21. The molecule has 0 bridgehead atoms. The summed E-state index contributed by atoms with van der Waals surface area (Å²) in [6.45, 7) is -0.584. The maximum absolute atomic E-state index is 14.2. The van der Waals surface area contributed by atoms with E-state index >= 15 is 0 Å². The highest BCUT2D eigenvalue weighted by molar-refractivity contribution is 7.98. The fraction of sp³-hybridized carbons (Fsp3) is 0.174. The minimum Gasteiger partial charge on any atom is -0.468 e. The van der Waals surface area contributed by atoms with Gasteiger partial charge in [-0.2, -0.15) is 5.26 Å². The molecule has 0 aliphatic heterocycles. The molecule has 6 nitrogen and oxygen atoms in total. The Morgan fingerprint density at radius 2 is 1.87 bits per heavy atom. The van der Waals surface area contributed by atoms with E-state index in [1.807, 2.05) is 12.1 Å². The summed E-state index contributed by atoms with van der Waals surface area (Å²) in [5.41, 5.74) is 0.356. The number of esters is 1. The van der Waals surface area contributed by atoms with E-state index in [-0.39, 0.29) is 18.7 Å². The molecule has 1 amide bonds. The van der Waals surface area contributed by atoms with Crippen LogP contribution >= 0.6 is 11.8 Å². The average molecular weight is 438 g/mol. The second kappa shape index (κ2) is 11.0. The first kappa shape index (κ1) is 22.1. The van der Waals surface area contributed by atoms with Crippen LogP contribution in [-0.4, -0.2) is 25.0 Å². The molecule has 2 aromatic carbocycles. The van der Waals surface area contributed by atoms with E-state index in [9.17, 15) is 14.0 Å². The number of anilines is 1. The molecule has 0 aliphatic rings. The van der Waals surface area contributed by atoms with Crippen molar-refractivity contribution in [1.29, 1.82) is 5.26 Å². The minimum atomic E-state index is -0.662. The van der Waals surface area contributed by atoms with Crippen molar-refractivity contribution in [2.45, 2.75) is 17.1 Å².